The van der Waals surface area contributed by atoms with E-state index in [-0.39, 0.29) is 12.3 Å². The van der Waals surface area contributed by atoms with Gasteiger partial charge in [-0.2, -0.15) is 0 Å². The number of rotatable bonds is 4. The normalized spacial score (nSPS) is 13.1. The second kappa shape index (κ2) is 7.85. The van der Waals surface area contributed by atoms with Crippen LogP contribution in [0, 0.1) is 0 Å². The van der Waals surface area contributed by atoms with E-state index in [2.05, 4.69) is 5.32 Å². The molecule has 2 aromatic rings. The Balaban J connectivity index is 1.76. The molecule has 0 atom stereocenters. The van der Waals surface area contributed by atoms with Gasteiger partial charge in [0.15, 0.2) is 11.5 Å². The number of hydrogen-bond acceptors (Lipinski definition) is 4. The molecule has 5 nitrogen and oxygen atoms in total. The second-order valence-corrected chi connectivity index (χ2v) is 6.37. The Labute approximate surface area is 155 Å². The highest BCUT2D eigenvalue weighted by Gasteiger charge is 2.17. The van der Waals surface area contributed by atoms with Crippen molar-refractivity contribution in [2.24, 2.45) is 0 Å². The lowest BCUT2D eigenvalue weighted by atomic mass is 10.1. The van der Waals surface area contributed by atoms with E-state index in [9.17, 15) is 4.79 Å². The number of hydrogen-bond donors (Lipinski definition) is 1. The summed E-state index contributed by atoms with van der Waals surface area (Å²) in [5.41, 5.74) is 1.24. The fourth-order valence-electron chi connectivity index (χ4n) is 2.54. The van der Waals surface area contributed by atoms with Gasteiger partial charge in [-0.15, -0.1) is 0 Å². The van der Waals surface area contributed by atoms with Crippen molar-refractivity contribution < 1.29 is 19.0 Å². The quantitative estimate of drug-likeness (QED) is 0.855. The number of ether oxygens (including phenoxy) is 3. The molecule has 7 heteroatoms. The van der Waals surface area contributed by atoms with Crippen molar-refractivity contribution in [1.29, 1.82) is 0 Å². The van der Waals surface area contributed by atoms with Crippen LogP contribution in [0.15, 0.2) is 30.3 Å². The molecule has 0 bridgehead atoms. The highest BCUT2D eigenvalue weighted by Crippen LogP contribution is 2.38. The molecule has 132 valence electrons. The van der Waals surface area contributed by atoms with E-state index in [1.54, 1.807) is 30.3 Å². The lowest BCUT2D eigenvalue weighted by Gasteiger charge is -2.13. The highest BCUT2D eigenvalue weighted by molar-refractivity contribution is 6.32. The average molecular weight is 382 g/mol. The molecule has 0 unspecified atom stereocenters. The van der Waals surface area contributed by atoms with Crippen molar-refractivity contribution in [3.8, 4) is 17.2 Å². The number of carbonyl (C=O) groups is 1. The summed E-state index contributed by atoms with van der Waals surface area (Å²) < 4.78 is 16.5. The highest BCUT2D eigenvalue weighted by atomic mass is 35.5. The molecule has 0 fully saturated rings. The smallest absolute Gasteiger partial charge is 0.228 e. The summed E-state index contributed by atoms with van der Waals surface area (Å²) in [5, 5.41) is 3.74. The molecular weight excluding hydrogens is 365 g/mol. The minimum absolute atomic E-state index is 0.131. The number of carbonyl (C=O) groups excluding carboxylic acids is 1. The Bertz CT molecular complexity index is 795. The molecule has 0 radical (unpaired) electrons. The molecule has 1 amide bonds. The van der Waals surface area contributed by atoms with E-state index >= 15 is 0 Å². The number of benzene rings is 2. The van der Waals surface area contributed by atoms with Crippen LogP contribution in [-0.4, -0.2) is 26.2 Å². The number of fused-ring (bicyclic) bond motifs is 1. The van der Waals surface area contributed by atoms with Gasteiger partial charge in [0.2, 0.25) is 5.91 Å². The van der Waals surface area contributed by atoms with E-state index in [0.29, 0.717) is 46.2 Å². The number of methoxy groups -OCH3 is 1. The molecule has 1 aliphatic heterocycles. The molecule has 3 rings (SSSR count). The van der Waals surface area contributed by atoms with Gasteiger partial charge in [-0.25, -0.2) is 0 Å². The summed E-state index contributed by atoms with van der Waals surface area (Å²) in [6.07, 6.45) is 0.918. The van der Waals surface area contributed by atoms with Gasteiger partial charge < -0.3 is 19.5 Å². The summed E-state index contributed by atoms with van der Waals surface area (Å²) in [4.78, 5) is 12.4. The zero-order valence-electron chi connectivity index (χ0n) is 13.6. The first kappa shape index (κ1) is 17.7. The van der Waals surface area contributed by atoms with E-state index < -0.39 is 0 Å². The lowest BCUT2D eigenvalue weighted by Crippen LogP contribution is -2.15. The van der Waals surface area contributed by atoms with Gasteiger partial charge in [0.1, 0.15) is 5.75 Å². The monoisotopic (exact) mass is 381 g/mol. The van der Waals surface area contributed by atoms with Crippen molar-refractivity contribution in [1.82, 2.24) is 0 Å². The van der Waals surface area contributed by atoms with Crippen molar-refractivity contribution >= 4 is 34.8 Å². The number of anilines is 1. The van der Waals surface area contributed by atoms with E-state index in [1.165, 1.54) is 7.11 Å². The predicted molar refractivity (Wildman–Crippen MR) is 97.4 cm³/mol. The first-order chi connectivity index (χ1) is 12.1. The van der Waals surface area contributed by atoms with Crippen LogP contribution < -0.4 is 19.5 Å². The van der Waals surface area contributed by atoms with Gasteiger partial charge in [0.05, 0.1) is 37.5 Å². The molecular formula is C18H17Cl2NO4. The van der Waals surface area contributed by atoms with Gasteiger partial charge in [-0.1, -0.05) is 23.2 Å². The van der Waals surface area contributed by atoms with E-state index in [0.717, 1.165) is 12.0 Å². The maximum Gasteiger partial charge on any atom is 0.228 e. The van der Waals surface area contributed by atoms with E-state index in [4.69, 9.17) is 37.4 Å². The molecule has 1 heterocycles. The van der Waals surface area contributed by atoms with Gasteiger partial charge in [0, 0.05) is 11.4 Å². The summed E-state index contributed by atoms with van der Waals surface area (Å²) in [6, 6.07) is 8.52. The first-order valence-electron chi connectivity index (χ1n) is 7.78. The fraction of sp³-hybridized carbons (Fsp3) is 0.278. The third kappa shape index (κ3) is 4.30. The Morgan fingerprint density at radius 3 is 2.80 bits per heavy atom. The Hall–Kier alpha value is -2.11. The maximum absolute atomic E-state index is 12.4. The average Bonchev–Trinajstić information content (AvgIpc) is 2.81. The van der Waals surface area contributed by atoms with Crippen LogP contribution in [0.25, 0.3) is 0 Å². The number of halogens is 2. The largest absolute Gasteiger partial charge is 0.495 e. The Morgan fingerprint density at radius 1 is 1.20 bits per heavy atom. The number of nitrogens with one attached hydrogen (secondary N) is 1. The van der Waals surface area contributed by atoms with Crippen LogP contribution in [0.3, 0.4) is 0 Å². The molecule has 0 saturated carbocycles. The molecule has 25 heavy (non-hydrogen) atoms. The minimum Gasteiger partial charge on any atom is -0.495 e. The first-order valence-corrected chi connectivity index (χ1v) is 8.54. The second-order valence-electron chi connectivity index (χ2n) is 5.52. The molecule has 1 N–H and O–H groups in total. The van der Waals surface area contributed by atoms with Gasteiger partial charge in [0.25, 0.3) is 0 Å². The zero-order chi connectivity index (χ0) is 17.8. The predicted octanol–water partition coefficient (Wildman–Crippen LogP) is 4.34. The maximum atomic E-state index is 12.4. The molecule has 0 spiro atoms. The summed E-state index contributed by atoms with van der Waals surface area (Å²) in [5.74, 6) is 1.41. The summed E-state index contributed by atoms with van der Waals surface area (Å²) >= 11 is 12.2. The van der Waals surface area contributed by atoms with E-state index in [1.807, 2.05) is 0 Å². The van der Waals surface area contributed by atoms with Gasteiger partial charge in [-0.3, -0.25) is 4.79 Å². The van der Waals surface area contributed by atoms with Crippen LogP contribution in [0.1, 0.15) is 12.0 Å². The topological polar surface area (TPSA) is 56.8 Å². The Kier molecular flexibility index (Phi) is 5.56. The van der Waals surface area contributed by atoms with Crippen LogP contribution >= 0.6 is 23.2 Å². The molecule has 0 aliphatic carbocycles. The molecule has 2 aromatic carbocycles. The van der Waals surface area contributed by atoms with Crippen LogP contribution in [0.5, 0.6) is 17.2 Å². The standard InChI is InChI=1S/C18H17Cl2NO4/c1-23-15-4-3-12(19)10-14(15)21-17(22)9-11-7-13(20)18-16(8-11)24-5-2-6-25-18/h3-4,7-8,10H,2,5-6,9H2,1H3,(H,21,22). The summed E-state index contributed by atoms with van der Waals surface area (Å²) in [6.45, 7) is 1.11. The molecule has 0 aromatic heterocycles. The van der Waals surface area contributed by atoms with Crippen LogP contribution in [0.2, 0.25) is 10.0 Å². The van der Waals surface area contributed by atoms with Crippen molar-refractivity contribution in [2.75, 3.05) is 25.6 Å². The van der Waals surface area contributed by atoms with Crippen LogP contribution in [-0.2, 0) is 11.2 Å². The minimum atomic E-state index is -0.217. The van der Waals surface area contributed by atoms with Crippen molar-refractivity contribution in [3.63, 3.8) is 0 Å². The summed E-state index contributed by atoms with van der Waals surface area (Å²) in [7, 11) is 1.53. The third-order valence-corrected chi connectivity index (χ3v) is 4.18. The molecule has 0 saturated heterocycles. The fourth-order valence-corrected chi connectivity index (χ4v) is 3.00. The van der Waals surface area contributed by atoms with Crippen molar-refractivity contribution in [3.05, 3.63) is 45.9 Å². The third-order valence-electron chi connectivity index (χ3n) is 3.66. The SMILES string of the molecule is COc1ccc(Cl)cc1NC(=O)Cc1cc(Cl)c2c(c1)OCCCO2. The number of amides is 1. The lowest BCUT2D eigenvalue weighted by molar-refractivity contribution is -0.115. The van der Waals surface area contributed by atoms with Gasteiger partial charge in [-0.05, 0) is 35.9 Å². The van der Waals surface area contributed by atoms with Crippen molar-refractivity contribution in [2.45, 2.75) is 12.8 Å². The van der Waals surface area contributed by atoms with Crippen LogP contribution in [0.4, 0.5) is 5.69 Å². The Morgan fingerprint density at radius 2 is 2.00 bits per heavy atom. The zero-order valence-corrected chi connectivity index (χ0v) is 15.1. The van der Waals surface area contributed by atoms with Gasteiger partial charge >= 0.3 is 0 Å². The molecule has 1 aliphatic rings.